The number of imide groups is 1. The molecule has 1 aromatic heterocycles. The molecule has 0 spiro atoms. The highest BCUT2D eigenvalue weighted by Gasteiger charge is 2.25. The lowest BCUT2D eigenvalue weighted by Crippen LogP contribution is -2.39. The van der Waals surface area contributed by atoms with Crippen molar-refractivity contribution in [1.82, 2.24) is 20.3 Å². The number of esters is 1. The van der Waals surface area contributed by atoms with Gasteiger partial charge in [0.15, 0.2) is 11.8 Å². The number of aromatic nitrogens is 3. The molecule has 1 aromatic carbocycles. The Morgan fingerprint density at radius 3 is 2.46 bits per heavy atom. The third kappa shape index (κ3) is 4.24. The molecule has 1 atom stereocenters. The minimum atomic E-state index is -1.20. The highest BCUT2D eigenvalue weighted by molar-refractivity contribution is 5.96. The fourth-order valence-corrected chi connectivity index (χ4v) is 2.23. The first-order chi connectivity index (χ1) is 12.2. The molecular weight excluding hydrogens is 340 g/mol. The molecule has 26 heavy (non-hydrogen) atoms. The number of aryl methyl sites for hydroxylation is 3. The summed E-state index contributed by atoms with van der Waals surface area (Å²) in [5.41, 5.74) is 3.12. The maximum Gasteiger partial charge on any atom is 0.413 e. The van der Waals surface area contributed by atoms with Crippen molar-refractivity contribution in [3.63, 3.8) is 0 Å². The molecular formula is C17H20N4O5. The van der Waals surface area contributed by atoms with E-state index in [2.05, 4.69) is 14.9 Å². The Bertz CT molecular complexity index is 859. The summed E-state index contributed by atoms with van der Waals surface area (Å²) in [6.07, 6.45) is -2.14. The van der Waals surface area contributed by atoms with E-state index in [-0.39, 0.29) is 5.69 Å². The number of nitrogens with zero attached hydrogens (tertiary/aromatic N) is 3. The van der Waals surface area contributed by atoms with Gasteiger partial charge < -0.3 is 9.47 Å². The van der Waals surface area contributed by atoms with Gasteiger partial charge in [0.05, 0.1) is 18.5 Å². The largest absolute Gasteiger partial charge is 0.453 e. The van der Waals surface area contributed by atoms with E-state index in [9.17, 15) is 14.4 Å². The molecule has 0 unspecified atom stereocenters. The van der Waals surface area contributed by atoms with Crippen LogP contribution < -0.4 is 5.32 Å². The summed E-state index contributed by atoms with van der Waals surface area (Å²) < 4.78 is 9.36. The zero-order valence-electron chi connectivity index (χ0n) is 15.2. The minimum Gasteiger partial charge on any atom is -0.453 e. The maximum atomic E-state index is 12.3. The first-order valence-corrected chi connectivity index (χ1v) is 7.84. The van der Waals surface area contributed by atoms with Gasteiger partial charge in [0, 0.05) is 0 Å². The number of methoxy groups -OCH3 is 1. The zero-order chi connectivity index (χ0) is 19.4. The van der Waals surface area contributed by atoms with Crippen molar-refractivity contribution < 1.29 is 23.9 Å². The number of carbonyl (C=O) groups is 3. The average Bonchev–Trinajstić information content (AvgIpc) is 2.96. The Balaban J connectivity index is 2.16. The van der Waals surface area contributed by atoms with E-state index in [0.717, 1.165) is 23.9 Å². The van der Waals surface area contributed by atoms with Gasteiger partial charge in [0.1, 0.15) is 0 Å². The second kappa shape index (κ2) is 7.77. The van der Waals surface area contributed by atoms with Crippen LogP contribution in [0.1, 0.15) is 34.2 Å². The third-order valence-electron chi connectivity index (χ3n) is 3.61. The van der Waals surface area contributed by atoms with Crippen molar-refractivity contribution in [2.75, 3.05) is 7.11 Å². The molecule has 138 valence electrons. The number of hydrogen-bond donors (Lipinski definition) is 1. The van der Waals surface area contributed by atoms with Gasteiger partial charge in [-0.15, -0.1) is 5.10 Å². The van der Waals surface area contributed by atoms with Crippen molar-refractivity contribution in [1.29, 1.82) is 0 Å². The van der Waals surface area contributed by atoms with Gasteiger partial charge in [-0.1, -0.05) is 17.7 Å². The van der Waals surface area contributed by atoms with Crippen LogP contribution in [-0.2, 0) is 14.3 Å². The molecule has 1 N–H and O–H groups in total. The SMILES string of the molecule is COC(=O)NC(=O)[C@@H](C)OC(=O)c1nn(-c2ccc(C)cc2C)nc1C. The second-order valence-corrected chi connectivity index (χ2v) is 5.74. The van der Waals surface area contributed by atoms with E-state index in [1.165, 1.54) is 11.7 Å². The number of carbonyl (C=O) groups excluding carboxylic acids is 3. The third-order valence-corrected chi connectivity index (χ3v) is 3.61. The molecule has 0 fully saturated rings. The average molecular weight is 360 g/mol. The number of ether oxygens (including phenoxy) is 2. The maximum absolute atomic E-state index is 12.3. The number of benzene rings is 1. The van der Waals surface area contributed by atoms with E-state index >= 15 is 0 Å². The molecule has 2 aromatic rings. The predicted octanol–water partition coefficient (Wildman–Crippen LogP) is 1.62. The number of alkyl carbamates (subject to hydrolysis) is 1. The van der Waals surface area contributed by atoms with Crippen molar-refractivity contribution in [3.8, 4) is 5.69 Å². The molecule has 2 rings (SSSR count). The highest BCUT2D eigenvalue weighted by Crippen LogP contribution is 2.16. The van der Waals surface area contributed by atoms with Crippen LogP contribution in [0.4, 0.5) is 4.79 Å². The minimum absolute atomic E-state index is 0.0114. The molecule has 0 saturated heterocycles. The molecule has 0 bridgehead atoms. The standard InChI is InChI=1S/C17H20N4O5/c1-9-6-7-13(10(2)8-9)21-19-11(3)14(20-21)16(23)26-12(4)15(22)18-17(24)25-5/h6-8,12H,1-5H3,(H,18,22,24)/t12-/m1/s1. The number of amides is 2. The van der Waals surface area contributed by atoms with Crippen LogP contribution >= 0.6 is 0 Å². The fraction of sp³-hybridized carbons (Fsp3) is 0.353. The van der Waals surface area contributed by atoms with Crippen molar-refractivity contribution >= 4 is 18.0 Å². The van der Waals surface area contributed by atoms with Crippen LogP contribution in [0.15, 0.2) is 18.2 Å². The van der Waals surface area contributed by atoms with E-state index in [1.807, 2.05) is 37.4 Å². The van der Waals surface area contributed by atoms with Crippen molar-refractivity contribution in [2.24, 2.45) is 0 Å². The summed E-state index contributed by atoms with van der Waals surface area (Å²) in [6.45, 7) is 6.84. The molecule has 1 heterocycles. The van der Waals surface area contributed by atoms with Gasteiger partial charge in [-0.3, -0.25) is 10.1 Å². The van der Waals surface area contributed by atoms with Crippen LogP contribution in [-0.4, -0.2) is 46.2 Å². The summed E-state index contributed by atoms with van der Waals surface area (Å²) in [4.78, 5) is 36.4. The van der Waals surface area contributed by atoms with E-state index in [1.54, 1.807) is 6.92 Å². The molecule has 0 aliphatic rings. The smallest absolute Gasteiger partial charge is 0.413 e. The molecule has 9 nitrogen and oxygen atoms in total. The predicted molar refractivity (Wildman–Crippen MR) is 91.0 cm³/mol. The van der Waals surface area contributed by atoms with Crippen molar-refractivity contribution in [2.45, 2.75) is 33.8 Å². The van der Waals surface area contributed by atoms with Gasteiger partial charge in [0.25, 0.3) is 5.91 Å². The summed E-state index contributed by atoms with van der Waals surface area (Å²) in [5, 5.41) is 10.3. The van der Waals surface area contributed by atoms with Crippen LogP contribution in [0.2, 0.25) is 0 Å². The summed E-state index contributed by atoms with van der Waals surface area (Å²) in [5.74, 6) is -1.62. The lowest BCUT2D eigenvalue weighted by molar-refractivity contribution is -0.128. The Kier molecular flexibility index (Phi) is 5.71. The molecule has 0 saturated carbocycles. The van der Waals surface area contributed by atoms with Gasteiger partial charge in [-0.2, -0.15) is 9.90 Å². The van der Waals surface area contributed by atoms with E-state index < -0.39 is 24.1 Å². The fourth-order valence-electron chi connectivity index (χ4n) is 2.23. The number of hydrogen-bond acceptors (Lipinski definition) is 7. The Hall–Kier alpha value is -3.23. The number of rotatable bonds is 4. The second-order valence-electron chi connectivity index (χ2n) is 5.74. The first-order valence-electron chi connectivity index (χ1n) is 7.84. The lowest BCUT2D eigenvalue weighted by atomic mass is 10.1. The molecule has 0 radical (unpaired) electrons. The van der Waals surface area contributed by atoms with Crippen LogP contribution in [0.25, 0.3) is 5.69 Å². The van der Waals surface area contributed by atoms with E-state index in [0.29, 0.717) is 5.69 Å². The Morgan fingerprint density at radius 1 is 1.15 bits per heavy atom. The molecule has 0 aliphatic carbocycles. The monoisotopic (exact) mass is 360 g/mol. The van der Waals surface area contributed by atoms with Gasteiger partial charge in [0.2, 0.25) is 0 Å². The molecule has 2 amide bonds. The van der Waals surface area contributed by atoms with Gasteiger partial charge in [-0.25, -0.2) is 9.59 Å². The van der Waals surface area contributed by atoms with Crippen LogP contribution in [0.5, 0.6) is 0 Å². The van der Waals surface area contributed by atoms with Crippen LogP contribution in [0.3, 0.4) is 0 Å². The summed E-state index contributed by atoms with van der Waals surface area (Å²) in [7, 11) is 1.12. The zero-order valence-corrected chi connectivity index (χ0v) is 15.2. The lowest BCUT2D eigenvalue weighted by Gasteiger charge is -2.11. The Morgan fingerprint density at radius 2 is 1.85 bits per heavy atom. The van der Waals surface area contributed by atoms with Crippen molar-refractivity contribution in [3.05, 3.63) is 40.7 Å². The topological polar surface area (TPSA) is 112 Å². The summed E-state index contributed by atoms with van der Waals surface area (Å²) >= 11 is 0. The summed E-state index contributed by atoms with van der Waals surface area (Å²) in [6, 6.07) is 5.75. The van der Waals surface area contributed by atoms with Gasteiger partial charge >= 0.3 is 12.1 Å². The molecule has 0 aliphatic heterocycles. The Labute approximate surface area is 150 Å². The first kappa shape index (κ1) is 19.1. The van der Waals surface area contributed by atoms with Crippen LogP contribution in [0, 0.1) is 20.8 Å². The highest BCUT2D eigenvalue weighted by atomic mass is 16.6. The molecule has 9 heteroatoms. The number of nitrogens with one attached hydrogen (secondary N) is 1. The quantitative estimate of drug-likeness (QED) is 0.824. The van der Waals surface area contributed by atoms with Gasteiger partial charge in [-0.05, 0) is 39.3 Å². The normalized spacial score (nSPS) is 11.6. The van der Waals surface area contributed by atoms with E-state index in [4.69, 9.17) is 4.74 Å².